The largest absolute Gasteiger partial charge is 0.478 e. The Morgan fingerprint density at radius 2 is 1.93 bits per heavy atom. The van der Waals surface area contributed by atoms with E-state index >= 15 is 0 Å². The molecule has 7 N–H and O–H groups in total. The molecular weight excluding hydrogens is 354 g/mol. The zero-order chi connectivity index (χ0) is 20.3. The molecule has 0 heterocycles. The van der Waals surface area contributed by atoms with Gasteiger partial charge in [-0.3, -0.25) is 9.79 Å². The number of carbonyl (C=O) groups excluding carboxylic acids is 1. The van der Waals surface area contributed by atoms with Gasteiger partial charge in [0.2, 0.25) is 5.91 Å². The number of methoxy groups -OCH3 is 2. The van der Waals surface area contributed by atoms with E-state index in [0.717, 1.165) is 5.56 Å². The monoisotopic (exact) mass is 381 g/mol. The van der Waals surface area contributed by atoms with E-state index in [2.05, 4.69) is 15.6 Å². The van der Waals surface area contributed by atoms with Crippen LogP contribution in [0.1, 0.15) is 12.0 Å². The average Bonchev–Trinajstić information content (AvgIpc) is 2.64. The lowest BCUT2D eigenvalue weighted by atomic mass is 10.0. The molecular formula is C17H27N5O5. The summed E-state index contributed by atoms with van der Waals surface area (Å²) in [6.07, 6.45) is -0.895. The van der Waals surface area contributed by atoms with Gasteiger partial charge in [0.15, 0.2) is 5.96 Å². The van der Waals surface area contributed by atoms with E-state index in [1.807, 2.05) is 30.3 Å². The Balaban J connectivity index is 2.74. The minimum Gasteiger partial charge on any atom is -0.478 e. The number of guanidine groups is 1. The summed E-state index contributed by atoms with van der Waals surface area (Å²) in [6.45, 7) is 0.471. The SMILES string of the molecule is COC(CCN=C(N)N)[C@@](NC(=O)CNCc1ccccc1)(OC)C(=O)O. The van der Waals surface area contributed by atoms with Gasteiger partial charge in [0.05, 0.1) is 6.54 Å². The number of ether oxygens (including phenoxy) is 2. The molecule has 1 aromatic rings. The van der Waals surface area contributed by atoms with Crippen LogP contribution in [-0.2, 0) is 25.6 Å². The molecule has 0 aromatic heterocycles. The van der Waals surface area contributed by atoms with Crippen molar-refractivity contribution in [2.75, 3.05) is 27.3 Å². The van der Waals surface area contributed by atoms with Crippen LogP contribution in [0.4, 0.5) is 0 Å². The third-order valence-corrected chi connectivity index (χ3v) is 3.85. The van der Waals surface area contributed by atoms with Gasteiger partial charge in [-0.2, -0.15) is 0 Å². The predicted octanol–water partition coefficient (Wildman–Crippen LogP) is -1.00. The number of carboxylic acid groups (broad SMARTS) is 1. The number of rotatable bonds is 12. The highest BCUT2D eigenvalue weighted by Crippen LogP contribution is 2.19. The number of aliphatic carboxylic acids is 1. The van der Waals surface area contributed by atoms with Crippen LogP contribution < -0.4 is 22.1 Å². The normalized spacial score (nSPS) is 14.0. The van der Waals surface area contributed by atoms with Crippen molar-refractivity contribution in [3.63, 3.8) is 0 Å². The van der Waals surface area contributed by atoms with Gasteiger partial charge in [0, 0.05) is 27.3 Å². The van der Waals surface area contributed by atoms with Crippen LogP contribution in [0, 0.1) is 0 Å². The minimum absolute atomic E-state index is 0.0996. The Labute approximate surface area is 157 Å². The number of nitrogens with two attached hydrogens (primary N) is 2. The van der Waals surface area contributed by atoms with Crippen LogP contribution in [0.15, 0.2) is 35.3 Å². The van der Waals surface area contributed by atoms with E-state index in [1.165, 1.54) is 14.2 Å². The molecule has 1 rings (SSSR count). The van der Waals surface area contributed by atoms with E-state index in [-0.39, 0.29) is 25.5 Å². The fraction of sp³-hybridized carbons (Fsp3) is 0.471. The fourth-order valence-electron chi connectivity index (χ4n) is 2.51. The predicted molar refractivity (Wildman–Crippen MR) is 99.8 cm³/mol. The van der Waals surface area contributed by atoms with Crippen LogP contribution in [0.2, 0.25) is 0 Å². The second kappa shape index (κ2) is 11.1. The van der Waals surface area contributed by atoms with Crippen LogP contribution in [0.25, 0.3) is 0 Å². The van der Waals surface area contributed by atoms with Crippen molar-refractivity contribution in [3.8, 4) is 0 Å². The molecule has 1 unspecified atom stereocenters. The lowest BCUT2D eigenvalue weighted by Gasteiger charge is -2.35. The van der Waals surface area contributed by atoms with Gasteiger partial charge in [0.1, 0.15) is 6.10 Å². The third kappa shape index (κ3) is 6.85. The molecule has 1 amide bonds. The summed E-state index contributed by atoms with van der Waals surface area (Å²) in [4.78, 5) is 27.9. The van der Waals surface area contributed by atoms with Crippen molar-refractivity contribution in [3.05, 3.63) is 35.9 Å². The Bertz CT molecular complexity index is 636. The van der Waals surface area contributed by atoms with Gasteiger partial charge in [-0.15, -0.1) is 0 Å². The van der Waals surface area contributed by atoms with Crippen LogP contribution in [0.3, 0.4) is 0 Å². The standard InChI is InChI=1S/C17H27N5O5/c1-26-13(8-9-21-16(18)19)17(27-2,15(24)25)22-14(23)11-20-10-12-6-4-3-5-7-12/h3-7,13,20H,8-11H2,1-2H3,(H,22,23)(H,24,25)(H4,18,19,21)/t13?,17-/m1/s1. The first kappa shape index (κ1) is 22.4. The maximum Gasteiger partial charge on any atom is 0.360 e. The van der Waals surface area contributed by atoms with Crippen LogP contribution in [-0.4, -0.2) is 62.1 Å². The van der Waals surface area contributed by atoms with E-state index in [0.29, 0.717) is 6.54 Å². The number of benzene rings is 1. The molecule has 0 aliphatic carbocycles. The zero-order valence-corrected chi connectivity index (χ0v) is 15.5. The van der Waals surface area contributed by atoms with Crippen molar-refractivity contribution in [2.24, 2.45) is 16.5 Å². The van der Waals surface area contributed by atoms with Gasteiger partial charge < -0.3 is 36.7 Å². The van der Waals surface area contributed by atoms with Gasteiger partial charge in [-0.1, -0.05) is 30.3 Å². The topological polar surface area (TPSA) is 161 Å². The number of hydrogen-bond donors (Lipinski definition) is 5. The number of aliphatic imine (C=N–C) groups is 1. The highest BCUT2D eigenvalue weighted by Gasteiger charge is 2.48. The molecule has 10 heteroatoms. The fourth-order valence-corrected chi connectivity index (χ4v) is 2.51. The number of nitrogens with one attached hydrogen (secondary N) is 2. The Morgan fingerprint density at radius 1 is 1.26 bits per heavy atom. The van der Waals surface area contributed by atoms with E-state index in [9.17, 15) is 14.7 Å². The number of nitrogens with zero attached hydrogens (tertiary/aromatic N) is 1. The first-order valence-electron chi connectivity index (χ1n) is 8.28. The van der Waals surface area contributed by atoms with E-state index in [1.54, 1.807) is 0 Å². The highest BCUT2D eigenvalue weighted by molar-refractivity contribution is 5.87. The Morgan fingerprint density at radius 3 is 2.44 bits per heavy atom. The van der Waals surface area contributed by atoms with Crippen molar-refractivity contribution < 1.29 is 24.2 Å². The second-order valence-corrected chi connectivity index (χ2v) is 5.70. The first-order valence-corrected chi connectivity index (χ1v) is 8.28. The molecule has 0 aliphatic heterocycles. The van der Waals surface area contributed by atoms with Gasteiger partial charge in [-0.05, 0) is 12.0 Å². The molecule has 1 aromatic carbocycles. The maximum atomic E-state index is 12.3. The molecule has 0 radical (unpaired) electrons. The summed E-state index contributed by atoms with van der Waals surface area (Å²) < 4.78 is 10.4. The molecule has 0 bridgehead atoms. The lowest BCUT2D eigenvalue weighted by molar-refractivity contribution is -0.191. The average molecular weight is 381 g/mol. The first-order chi connectivity index (χ1) is 12.9. The summed E-state index contributed by atoms with van der Waals surface area (Å²) in [5, 5.41) is 15.0. The summed E-state index contributed by atoms with van der Waals surface area (Å²) in [6, 6.07) is 9.48. The van der Waals surface area contributed by atoms with Crippen LogP contribution in [0.5, 0.6) is 0 Å². The minimum atomic E-state index is -2.07. The molecule has 0 fully saturated rings. The maximum absolute atomic E-state index is 12.3. The molecule has 0 saturated carbocycles. The molecule has 0 aliphatic rings. The van der Waals surface area contributed by atoms with E-state index < -0.39 is 23.7 Å². The van der Waals surface area contributed by atoms with Crippen molar-refractivity contribution in [2.45, 2.75) is 24.8 Å². The summed E-state index contributed by atoms with van der Waals surface area (Å²) >= 11 is 0. The van der Waals surface area contributed by atoms with Crippen molar-refractivity contribution in [1.82, 2.24) is 10.6 Å². The Kier molecular flexibility index (Phi) is 9.20. The lowest BCUT2D eigenvalue weighted by Crippen LogP contribution is -2.65. The number of carboxylic acids is 1. The molecule has 2 atom stereocenters. The van der Waals surface area contributed by atoms with E-state index in [4.69, 9.17) is 20.9 Å². The summed E-state index contributed by atoms with van der Waals surface area (Å²) in [5.41, 5.74) is 9.46. The smallest absolute Gasteiger partial charge is 0.360 e. The van der Waals surface area contributed by atoms with Gasteiger partial charge >= 0.3 is 5.97 Å². The third-order valence-electron chi connectivity index (χ3n) is 3.85. The van der Waals surface area contributed by atoms with Crippen molar-refractivity contribution >= 4 is 17.8 Å². The summed E-state index contributed by atoms with van der Waals surface area (Å²) in [7, 11) is 2.50. The summed E-state index contributed by atoms with van der Waals surface area (Å²) in [5.74, 6) is -2.07. The molecule has 10 nitrogen and oxygen atoms in total. The van der Waals surface area contributed by atoms with Crippen molar-refractivity contribution in [1.29, 1.82) is 0 Å². The second-order valence-electron chi connectivity index (χ2n) is 5.70. The Hall–Kier alpha value is -2.69. The van der Waals surface area contributed by atoms with Gasteiger partial charge in [0.25, 0.3) is 5.72 Å². The quantitative estimate of drug-likeness (QED) is 0.175. The van der Waals surface area contributed by atoms with Crippen LogP contribution >= 0.6 is 0 Å². The molecule has 0 spiro atoms. The number of hydrogen-bond acceptors (Lipinski definition) is 6. The molecule has 27 heavy (non-hydrogen) atoms. The van der Waals surface area contributed by atoms with Gasteiger partial charge in [-0.25, -0.2) is 4.79 Å². The zero-order valence-electron chi connectivity index (χ0n) is 15.5. The molecule has 150 valence electrons. The molecule has 0 saturated heterocycles. The highest BCUT2D eigenvalue weighted by atomic mass is 16.6. The number of carbonyl (C=O) groups is 2. The number of amides is 1.